The molecule has 2 aromatic heterocycles. The number of nitrogens with one attached hydrogen (secondary N) is 4. The molecule has 6 amide bonds. The lowest BCUT2D eigenvalue weighted by molar-refractivity contribution is -0.136. The van der Waals surface area contributed by atoms with Crippen LogP contribution in [-0.2, 0) is 19.2 Å². The lowest BCUT2D eigenvalue weighted by Crippen LogP contribution is -2.69. The van der Waals surface area contributed by atoms with Crippen molar-refractivity contribution in [3.8, 4) is 17.2 Å². The van der Waals surface area contributed by atoms with Crippen LogP contribution in [0.25, 0.3) is 10.9 Å². The summed E-state index contributed by atoms with van der Waals surface area (Å²) in [6, 6.07) is 19.6. The van der Waals surface area contributed by atoms with Crippen LogP contribution >= 0.6 is 0 Å². The normalized spacial score (nSPS) is 21.9. The highest BCUT2D eigenvalue weighted by atomic mass is 19.1. The average molecular weight is 965 g/mol. The van der Waals surface area contributed by atoms with E-state index in [1.165, 1.54) is 36.5 Å². The molecular weight excluding hydrogens is 912 g/mol. The van der Waals surface area contributed by atoms with Crippen LogP contribution in [0.5, 0.6) is 17.2 Å². The Labute approximate surface area is 408 Å². The quantitative estimate of drug-likeness (QED) is 0.0765. The minimum absolute atomic E-state index is 0.0612. The maximum absolute atomic E-state index is 13.5. The fraction of sp³-hybridized carbons (Fsp3) is 0.385. The number of ether oxygens (including phenoxy) is 2. The minimum Gasteiger partial charge on any atom is -0.495 e. The van der Waals surface area contributed by atoms with Crippen molar-refractivity contribution in [3.63, 3.8) is 0 Å². The van der Waals surface area contributed by atoms with Gasteiger partial charge in [-0.15, -0.1) is 0 Å². The maximum Gasteiger partial charge on any atom is 0.266 e. The van der Waals surface area contributed by atoms with Gasteiger partial charge in [-0.25, -0.2) is 9.37 Å². The van der Waals surface area contributed by atoms with E-state index in [0.29, 0.717) is 66.1 Å². The van der Waals surface area contributed by atoms with Crippen molar-refractivity contribution < 1.29 is 42.6 Å². The van der Waals surface area contributed by atoms with E-state index < -0.39 is 52.7 Å². The Balaban J connectivity index is 0.650. The number of piperidine rings is 3. The molecule has 6 aliphatic heterocycles. The molecule has 1 saturated carbocycles. The first-order chi connectivity index (χ1) is 34.4. The number of imide groups is 2. The Kier molecular flexibility index (Phi) is 12.1. The number of methoxy groups -OCH3 is 1. The van der Waals surface area contributed by atoms with Crippen LogP contribution < -0.4 is 35.6 Å². The van der Waals surface area contributed by atoms with Crippen molar-refractivity contribution in [2.24, 2.45) is 11.3 Å². The molecule has 366 valence electrons. The molecule has 71 heavy (non-hydrogen) atoms. The molecule has 0 spiro atoms. The Morgan fingerprint density at radius 3 is 2.20 bits per heavy atom. The number of hydrogen-bond acceptors (Lipinski definition) is 14. The number of rotatable bonds is 15. The topological polar surface area (TPSA) is 208 Å². The van der Waals surface area contributed by atoms with Crippen molar-refractivity contribution in [1.29, 1.82) is 0 Å². The van der Waals surface area contributed by atoms with E-state index in [1.807, 2.05) is 6.07 Å². The van der Waals surface area contributed by atoms with E-state index in [4.69, 9.17) is 14.5 Å². The molecule has 5 saturated heterocycles. The Morgan fingerprint density at radius 1 is 0.831 bits per heavy atom. The standard InChI is InChI=1S/C52H53FN10O8/c1-70-43-25-38-39(54-19-13-42(38)71-36-8-6-33(7-9-36)58-51(69)52(16-17-52)50(68)57-32-4-2-31(53)3-5-32)26-41(43)61-21-14-30(15-22-61)27-60-28-34-24-35(29-60)62(34)23-20-56-46-45-37(12-18-55-46)48(66)63(49(45)67)40-10-11-44(64)59-47(40)65/h2-9,12-13,18-19,25-26,30,34-35,40H,10-11,14-17,20-24,27-29H2,1H3,(H,55,56)(H,57,68)(H,58,69)(H,59,64,65). The first-order valence-corrected chi connectivity index (χ1v) is 24.3. The molecule has 19 heteroatoms. The van der Waals surface area contributed by atoms with E-state index >= 15 is 0 Å². The van der Waals surface area contributed by atoms with E-state index in [0.717, 1.165) is 85.8 Å². The zero-order chi connectivity index (χ0) is 49.0. The van der Waals surface area contributed by atoms with Gasteiger partial charge in [0.1, 0.15) is 40.3 Å². The first kappa shape index (κ1) is 45.9. The summed E-state index contributed by atoms with van der Waals surface area (Å²) in [6.07, 6.45) is 7.47. The number of amides is 6. The lowest BCUT2D eigenvalue weighted by atomic mass is 9.86. The molecule has 7 aliphatic rings. The third kappa shape index (κ3) is 8.88. The zero-order valence-electron chi connectivity index (χ0n) is 39.1. The van der Waals surface area contributed by atoms with Crippen LogP contribution in [0.15, 0.2) is 85.2 Å². The number of nitrogens with zero attached hydrogens (tertiary/aromatic N) is 6. The molecule has 0 radical (unpaired) electrons. The summed E-state index contributed by atoms with van der Waals surface area (Å²) in [5.74, 6) is -0.624. The molecule has 8 heterocycles. The number of carbonyl (C=O) groups excluding carboxylic acids is 6. The van der Waals surface area contributed by atoms with Crippen LogP contribution in [-0.4, -0.2) is 131 Å². The van der Waals surface area contributed by atoms with Crippen molar-refractivity contribution in [2.45, 2.75) is 63.1 Å². The number of fused-ring (bicyclic) bond motifs is 4. The number of aromatic nitrogens is 2. The Bertz CT molecular complexity index is 2950. The van der Waals surface area contributed by atoms with Crippen molar-refractivity contribution >= 4 is 69.2 Å². The van der Waals surface area contributed by atoms with Gasteiger partial charge >= 0.3 is 0 Å². The van der Waals surface area contributed by atoms with Gasteiger partial charge in [0.2, 0.25) is 23.6 Å². The number of benzene rings is 3. The van der Waals surface area contributed by atoms with Crippen LogP contribution in [0.1, 0.15) is 65.7 Å². The highest BCUT2D eigenvalue weighted by molar-refractivity contribution is 6.25. The van der Waals surface area contributed by atoms with Crippen LogP contribution in [0, 0.1) is 17.2 Å². The first-order valence-electron chi connectivity index (χ1n) is 24.3. The summed E-state index contributed by atoms with van der Waals surface area (Å²) in [5, 5.41) is 11.9. The van der Waals surface area contributed by atoms with Crippen LogP contribution in [0.4, 0.5) is 27.3 Å². The molecular formula is C52H53FN10O8. The van der Waals surface area contributed by atoms with Gasteiger partial charge in [0.05, 0.1) is 29.4 Å². The monoisotopic (exact) mass is 964 g/mol. The summed E-state index contributed by atoms with van der Waals surface area (Å²) < 4.78 is 25.6. The molecule has 4 N–H and O–H groups in total. The highest BCUT2D eigenvalue weighted by Gasteiger charge is 2.56. The maximum atomic E-state index is 13.5. The molecule has 18 nitrogen and oxygen atoms in total. The fourth-order valence-electron chi connectivity index (χ4n) is 10.9. The zero-order valence-corrected chi connectivity index (χ0v) is 39.1. The largest absolute Gasteiger partial charge is 0.495 e. The van der Waals surface area contributed by atoms with Crippen molar-refractivity contribution in [3.05, 3.63) is 102 Å². The molecule has 3 atom stereocenters. The van der Waals surface area contributed by atoms with Gasteiger partial charge in [0, 0.05) is 93.5 Å². The third-order valence-electron chi connectivity index (χ3n) is 15.0. The van der Waals surface area contributed by atoms with Gasteiger partial charge in [0.15, 0.2) is 0 Å². The van der Waals surface area contributed by atoms with Crippen molar-refractivity contribution in [1.82, 2.24) is 30.0 Å². The number of anilines is 4. The smallest absolute Gasteiger partial charge is 0.266 e. The van der Waals surface area contributed by atoms with Gasteiger partial charge in [-0.2, -0.15) is 0 Å². The summed E-state index contributed by atoms with van der Waals surface area (Å²) >= 11 is 0. The average Bonchev–Trinajstić information content (AvgIpc) is 4.15. The predicted octanol–water partition coefficient (Wildman–Crippen LogP) is 5.42. The Morgan fingerprint density at radius 2 is 1.52 bits per heavy atom. The lowest BCUT2D eigenvalue weighted by Gasteiger charge is -2.57. The third-order valence-corrected chi connectivity index (χ3v) is 15.0. The fourth-order valence-corrected chi connectivity index (χ4v) is 10.9. The molecule has 3 aromatic carbocycles. The van der Waals surface area contributed by atoms with E-state index in [2.05, 4.69) is 47.0 Å². The Hall–Kier alpha value is -7.51. The molecule has 1 aliphatic carbocycles. The highest BCUT2D eigenvalue weighted by Crippen LogP contribution is 2.48. The molecule has 12 rings (SSSR count). The molecule has 2 bridgehead atoms. The van der Waals surface area contributed by atoms with Gasteiger partial charge < -0.3 is 30.3 Å². The van der Waals surface area contributed by atoms with E-state index in [1.54, 1.807) is 43.6 Å². The van der Waals surface area contributed by atoms with Gasteiger partial charge in [0.25, 0.3) is 11.8 Å². The van der Waals surface area contributed by atoms with Crippen LogP contribution in [0.3, 0.4) is 0 Å². The second kappa shape index (κ2) is 18.7. The summed E-state index contributed by atoms with van der Waals surface area (Å²) in [7, 11) is 1.67. The number of hydrogen-bond donors (Lipinski definition) is 4. The predicted molar refractivity (Wildman–Crippen MR) is 260 cm³/mol. The van der Waals surface area contributed by atoms with Gasteiger partial charge in [-0.05, 0) is 117 Å². The van der Waals surface area contributed by atoms with Crippen molar-refractivity contribution in [2.75, 3.05) is 73.8 Å². The molecule has 5 aromatic rings. The van der Waals surface area contributed by atoms with E-state index in [-0.39, 0.29) is 24.0 Å². The number of carbonyl (C=O) groups is 6. The summed E-state index contributed by atoms with van der Waals surface area (Å²) in [4.78, 5) is 94.8. The minimum atomic E-state index is -1.18. The summed E-state index contributed by atoms with van der Waals surface area (Å²) in [5.41, 5.74) is 1.91. The number of piperazine rings is 1. The SMILES string of the molecule is COc1cc2c(Oc3ccc(NC(=O)C4(C(=O)Nc5ccc(F)cc5)CC4)cc3)ccnc2cc1N1CCC(CN2CC3CC(C2)N3CCNc2nccc3c2C(=O)N(C2CCC(=O)NC2=O)C3=O)CC1. The van der Waals surface area contributed by atoms with Crippen LogP contribution in [0.2, 0.25) is 0 Å². The number of pyridine rings is 2. The summed E-state index contributed by atoms with van der Waals surface area (Å²) in [6.45, 7) is 6.14. The second-order valence-corrected chi connectivity index (χ2v) is 19.4. The number of halogens is 1. The molecule has 6 fully saturated rings. The van der Waals surface area contributed by atoms with Gasteiger partial charge in [-0.3, -0.25) is 53.8 Å². The van der Waals surface area contributed by atoms with Gasteiger partial charge in [-0.1, -0.05) is 0 Å². The molecule has 3 unspecified atom stereocenters. The van der Waals surface area contributed by atoms with E-state index in [9.17, 15) is 33.2 Å². The second-order valence-electron chi connectivity index (χ2n) is 19.4.